The van der Waals surface area contributed by atoms with Crippen LogP contribution in [0.1, 0.15) is 0 Å². The van der Waals surface area contributed by atoms with Crippen molar-refractivity contribution in [2.45, 2.75) is 6.54 Å². The van der Waals surface area contributed by atoms with Gasteiger partial charge in [0.1, 0.15) is 22.6 Å². The summed E-state index contributed by atoms with van der Waals surface area (Å²) in [5, 5.41) is 14.9. The summed E-state index contributed by atoms with van der Waals surface area (Å²) in [5.41, 5.74) is 2.50. The molecule has 0 atom stereocenters. The van der Waals surface area contributed by atoms with Gasteiger partial charge in [-0.15, -0.1) is 0 Å². The molecule has 0 saturated carbocycles. The molecule has 10 nitrogen and oxygen atoms in total. The lowest BCUT2D eigenvalue weighted by atomic mass is 10.00. The number of benzene rings is 2. The van der Waals surface area contributed by atoms with Crippen molar-refractivity contribution < 1.29 is 23.5 Å². The monoisotopic (exact) mass is 578 g/mol. The minimum atomic E-state index is -0.591. The van der Waals surface area contributed by atoms with Crippen molar-refractivity contribution in [3.8, 4) is 11.1 Å². The number of methoxy groups -OCH3 is 1. The van der Waals surface area contributed by atoms with Crippen LogP contribution in [0.2, 0.25) is 0 Å². The Balaban J connectivity index is 1.57. The Hall–Kier alpha value is -3.55. The highest BCUT2D eigenvalue weighted by Gasteiger charge is 2.19. The Morgan fingerprint density at radius 3 is 2.62 bits per heavy atom. The molecule has 0 spiro atoms. The summed E-state index contributed by atoms with van der Waals surface area (Å²) in [6.07, 6.45) is 1.61. The average molecular weight is 578 g/mol. The Morgan fingerprint density at radius 1 is 1.09 bits per heavy atom. The number of halogens is 2. The third-order valence-corrected chi connectivity index (χ3v) is 6.01. The van der Waals surface area contributed by atoms with E-state index in [0.717, 1.165) is 5.52 Å². The molecule has 4 rings (SSSR count). The molecule has 12 heteroatoms. The van der Waals surface area contributed by atoms with Crippen molar-refractivity contribution in [3.63, 3.8) is 0 Å². The van der Waals surface area contributed by atoms with Crippen LogP contribution in [0.25, 0.3) is 32.9 Å². The molecule has 0 unspecified atom stereocenters. The van der Waals surface area contributed by atoms with Crippen LogP contribution >= 0.6 is 22.6 Å². The van der Waals surface area contributed by atoms with E-state index >= 15 is 4.39 Å². The summed E-state index contributed by atoms with van der Waals surface area (Å²) in [4.78, 5) is 35.3. The van der Waals surface area contributed by atoms with Gasteiger partial charge in [-0.25, -0.2) is 4.39 Å². The Labute approximate surface area is 206 Å². The minimum absolute atomic E-state index is 0.142. The number of ether oxygens (including phenoxy) is 1. The van der Waals surface area contributed by atoms with E-state index in [1.54, 1.807) is 36.1 Å². The van der Waals surface area contributed by atoms with Gasteiger partial charge in [0.15, 0.2) is 0 Å². The fourth-order valence-corrected chi connectivity index (χ4v) is 4.41. The molecular formula is C22H20FIN6O4. The second-order valence-corrected chi connectivity index (χ2v) is 8.46. The third kappa shape index (κ3) is 4.71. The fraction of sp³-hybridized carbons (Fsp3) is 0.227. The van der Waals surface area contributed by atoms with Crippen LogP contribution in [0.5, 0.6) is 0 Å². The van der Waals surface area contributed by atoms with Crippen molar-refractivity contribution in [2.75, 3.05) is 20.2 Å². The van der Waals surface area contributed by atoms with Crippen LogP contribution in [0.4, 0.5) is 4.39 Å². The highest BCUT2D eigenvalue weighted by atomic mass is 127. The molecule has 0 saturated heterocycles. The first-order valence-electron chi connectivity index (χ1n) is 10.2. The van der Waals surface area contributed by atoms with Gasteiger partial charge in [-0.05, 0) is 46.4 Å². The average Bonchev–Trinajstić information content (AvgIpc) is 3.34. The van der Waals surface area contributed by atoms with E-state index in [2.05, 4.69) is 48.2 Å². The third-order valence-electron chi connectivity index (χ3n) is 5.26. The quantitative estimate of drug-likeness (QED) is 0.255. The summed E-state index contributed by atoms with van der Waals surface area (Å²) in [6.45, 7) is -0.721. The number of carbonyl (C=O) groups is 3. The molecule has 0 aliphatic heterocycles. The first-order valence-corrected chi connectivity index (χ1v) is 11.2. The van der Waals surface area contributed by atoms with Crippen LogP contribution in [0.15, 0.2) is 36.5 Å². The number of hydrogen-bond donors (Lipinski definition) is 2. The molecule has 0 bridgehead atoms. The maximum absolute atomic E-state index is 15.0. The number of nitrogens with zero attached hydrogens (tertiary/aromatic N) is 4. The molecule has 0 aliphatic carbocycles. The number of esters is 1. The van der Waals surface area contributed by atoms with Crippen LogP contribution in [-0.4, -0.2) is 57.5 Å². The lowest BCUT2D eigenvalue weighted by Crippen LogP contribution is -2.40. The van der Waals surface area contributed by atoms with Gasteiger partial charge in [-0.3, -0.25) is 23.7 Å². The van der Waals surface area contributed by atoms with Gasteiger partial charge >= 0.3 is 5.97 Å². The zero-order valence-corrected chi connectivity index (χ0v) is 20.4. The van der Waals surface area contributed by atoms with E-state index in [1.807, 2.05) is 6.07 Å². The van der Waals surface area contributed by atoms with Crippen molar-refractivity contribution in [1.82, 2.24) is 30.2 Å². The summed E-state index contributed by atoms with van der Waals surface area (Å²) in [7, 11) is 3.00. The Bertz CT molecular complexity index is 1430. The summed E-state index contributed by atoms with van der Waals surface area (Å²) in [5.74, 6) is -1.94. The van der Waals surface area contributed by atoms with Gasteiger partial charge in [0.05, 0.1) is 30.9 Å². The maximum atomic E-state index is 15.0. The molecular weight excluding hydrogens is 558 g/mol. The number of aromatic nitrogens is 4. The van der Waals surface area contributed by atoms with Crippen LogP contribution < -0.4 is 10.6 Å². The lowest BCUT2D eigenvalue weighted by Gasteiger charge is -2.09. The number of rotatable bonds is 7. The van der Waals surface area contributed by atoms with Gasteiger partial charge in [0.2, 0.25) is 11.8 Å². The predicted molar refractivity (Wildman–Crippen MR) is 130 cm³/mol. The van der Waals surface area contributed by atoms with E-state index in [9.17, 15) is 14.4 Å². The van der Waals surface area contributed by atoms with Crippen molar-refractivity contribution in [2.24, 2.45) is 7.05 Å². The second kappa shape index (κ2) is 9.75. The highest BCUT2D eigenvalue weighted by Crippen LogP contribution is 2.35. The van der Waals surface area contributed by atoms with E-state index in [4.69, 9.17) is 0 Å². The molecule has 2 N–H and O–H groups in total. The smallest absolute Gasteiger partial charge is 0.325 e. The standard InChI is InChI=1S/C22H20FIN6O4/c1-29-17-7-14(15(23)6-12(17)8-27-29)13-4-3-5-16-21(13)22(24)28-30(16)11-19(32)25-9-18(31)26-10-20(33)34-2/h3-8H,9-11H2,1-2H3,(H,25,32)(H,26,31). The molecule has 2 amide bonds. The van der Waals surface area contributed by atoms with Crippen molar-refractivity contribution >= 4 is 62.2 Å². The topological polar surface area (TPSA) is 120 Å². The summed E-state index contributed by atoms with van der Waals surface area (Å²) >= 11 is 2.05. The molecule has 0 fully saturated rings. The van der Waals surface area contributed by atoms with Crippen molar-refractivity contribution in [3.05, 3.63) is 46.0 Å². The van der Waals surface area contributed by atoms with Gasteiger partial charge < -0.3 is 15.4 Å². The molecule has 34 heavy (non-hydrogen) atoms. The van der Waals surface area contributed by atoms with Gasteiger partial charge in [0, 0.05) is 23.4 Å². The maximum Gasteiger partial charge on any atom is 0.325 e. The van der Waals surface area contributed by atoms with Crippen LogP contribution in [0, 0.1) is 9.52 Å². The number of nitrogens with one attached hydrogen (secondary N) is 2. The normalized spacial score (nSPS) is 11.1. The SMILES string of the molecule is COC(=O)CNC(=O)CNC(=O)Cn1nc(I)c2c(-c3cc4c(cnn4C)cc3F)cccc21. The zero-order valence-electron chi connectivity index (χ0n) is 18.3. The van der Waals surface area contributed by atoms with Crippen LogP contribution in [-0.2, 0) is 32.7 Å². The first-order chi connectivity index (χ1) is 16.3. The highest BCUT2D eigenvalue weighted by molar-refractivity contribution is 14.1. The summed E-state index contributed by atoms with van der Waals surface area (Å²) < 4.78 is 23.2. The molecule has 0 aliphatic rings. The number of hydrogen-bond acceptors (Lipinski definition) is 6. The second-order valence-electron chi connectivity index (χ2n) is 7.44. The van der Waals surface area contributed by atoms with E-state index in [0.29, 0.717) is 31.1 Å². The van der Waals surface area contributed by atoms with E-state index in [1.165, 1.54) is 17.9 Å². The molecule has 0 radical (unpaired) electrons. The Morgan fingerprint density at radius 2 is 1.85 bits per heavy atom. The molecule has 176 valence electrons. The van der Waals surface area contributed by atoms with Gasteiger partial charge in [-0.2, -0.15) is 10.2 Å². The predicted octanol–water partition coefficient (Wildman–Crippen LogP) is 1.74. The first kappa shape index (κ1) is 23.6. The number of carbonyl (C=O) groups excluding carboxylic acids is 3. The largest absolute Gasteiger partial charge is 0.468 e. The minimum Gasteiger partial charge on any atom is -0.468 e. The van der Waals surface area contributed by atoms with Crippen molar-refractivity contribution in [1.29, 1.82) is 0 Å². The van der Waals surface area contributed by atoms with E-state index in [-0.39, 0.29) is 25.5 Å². The molecule has 4 aromatic rings. The van der Waals surface area contributed by atoms with E-state index < -0.39 is 17.8 Å². The molecule has 2 aromatic heterocycles. The van der Waals surface area contributed by atoms with Gasteiger partial charge in [0.25, 0.3) is 0 Å². The number of fused-ring (bicyclic) bond motifs is 2. The lowest BCUT2D eigenvalue weighted by molar-refractivity contribution is -0.141. The Kier molecular flexibility index (Phi) is 6.77. The van der Waals surface area contributed by atoms with Crippen LogP contribution in [0.3, 0.4) is 0 Å². The number of amides is 2. The zero-order chi connectivity index (χ0) is 24.4. The van der Waals surface area contributed by atoms with Gasteiger partial charge in [-0.1, -0.05) is 12.1 Å². The number of aryl methyl sites for hydroxylation is 1. The molecule has 2 aromatic carbocycles. The fourth-order valence-electron chi connectivity index (χ4n) is 3.58. The summed E-state index contributed by atoms with van der Waals surface area (Å²) in [6, 6.07) is 8.58. The molecule has 2 heterocycles.